The van der Waals surface area contributed by atoms with Crippen LogP contribution in [0, 0.1) is 13.8 Å². The number of esters is 1. The van der Waals surface area contributed by atoms with E-state index in [9.17, 15) is 14.4 Å². The Morgan fingerprint density at radius 1 is 0.963 bits per heavy atom. The van der Waals surface area contributed by atoms with Crippen LogP contribution >= 0.6 is 0 Å². The molecule has 0 atom stereocenters. The van der Waals surface area contributed by atoms with Gasteiger partial charge in [0.2, 0.25) is 5.91 Å². The Balaban J connectivity index is 1.75. The van der Waals surface area contributed by atoms with E-state index < -0.39 is 5.97 Å². The van der Waals surface area contributed by atoms with Crippen LogP contribution < -0.4 is 4.90 Å². The molecule has 2 aromatic rings. The van der Waals surface area contributed by atoms with Crippen LogP contribution in [0.1, 0.15) is 31.8 Å². The Kier molecular flexibility index (Phi) is 5.26. The highest BCUT2D eigenvalue weighted by Gasteiger charge is 2.29. The third-order valence-corrected chi connectivity index (χ3v) is 4.56. The van der Waals surface area contributed by atoms with Crippen molar-refractivity contribution >= 4 is 23.5 Å². The van der Waals surface area contributed by atoms with Crippen LogP contribution in [-0.2, 0) is 9.53 Å². The molecule has 6 nitrogen and oxygen atoms in total. The van der Waals surface area contributed by atoms with Gasteiger partial charge in [-0.05, 0) is 55.3 Å². The number of aryl methyl sites for hydroxylation is 2. The minimum atomic E-state index is -0.500. The van der Waals surface area contributed by atoms with Gasteiger partial charge in [0.25, 0.3) is 5.91 Å². The van der Waals surface area contributed by atoms with Gasteiger partial charge in [0.15, 0.2) is 0 Å². The molecule has 1 saturated heterocycles. The number of anilines is 1. The highest BCUT2D eigenvalue weighted by Crippen LogP contribution is 2.22. The van der Waals surface area contributed by atoms with Crippen molar-refractivity contribution in [2.75, 3.05) is 31.6 Å². The number of hydrogen-bond acceptors (Lipinski definition) is 4. The lowest BCUT2D eigenvalue weighted by Gasteiger charge is -2.34. The average Bonchev–Trinajstić information content (AvgIpc) is 2.66. The maximum atomic E-state index is 12.8. The number of methoxy groups -OCH3 is 1. The summed E-state index contributed by atoms with van der Waals surface area (Å²) in [6.45, 7) is 4.86. The number of rotatable bonds is 3. The van der Waals surface area contributed by atoms with Crippen molar-refractivity contribution in [3.8, 4) is 0 Å². The fourth-order valence-electron chi connectivity index (χ4n) is 3.31. The smallest absolute Gasteiger partial charge is 0.337 e. The van der Waals surface area contributed by atoms with Gasteiger partial charge in [0.1, 0.15) is 6.54 Å². The predicted octanol–water partition coefficient (Wildman–Crippen LogP) is 2.58. The van der Waals surface area contributed by atoms with E-state index >= 15 is 0 Å². The van der Waals surface area contributed by atoms with Crippen LogP contribution in [0.15, 0.2) is 42.5 Å². The Labute approximate surface area is 158 Å². The second-order valence-corrected chi connectivity index (χ2v) is 6.69. The van der Waals surface area contributed by atoms with Gasteiger partial charge in [0.05, 0.1) is 12.7 Å². The first-order valence-corrected chi connectivity index (χ1v) is 8.75. The number of benzene rings is 2. The van der Waals surface area contributed by atoms with Crippen LogP contribution in [0.5, 0.6) is 0 Å². The minimum absolute atomic E-state index is 0.00821. The second kappa shape index (κ2) is 7.61. The monoisotopic (exact) mass is 366 g/mol. The summed E-state index contributed by atoms with van der Waals surface area (Å²) in [6, 6.07) is 12.4. The van der Waals surface area contributed by atoms with Gasteiger partial charge in [-0.2, -0.15) is 0 Å². The zero-order valence-electron chi connectivity index (χ0n) is 15.7. The molecule has 0 radical (unpaired) electrons. The molecule has 0 bridgehead atoms. The Morgan fingerprint density at radius 3 is 2.26 bits per heavy atom. The number of carbonyl (C=O) groups excluding carboxylic acids is 3. The van der Waals surface area contributed by atoms with Crippen molar-refractivity contribution in [2.24, 2.45) is 0 Å². The fraction of sp³-hybridized carbons (Fsp3) is 0.286. The van der Waals surface area contributed by atoms with Crippen molar-refractivity contribution in [2.45, 2.75) is 13.8 Å². The number of ether oxygens (including phenoxy) is 1. The van der Waals surface area contributed by atoms with Crippen molar-refractivity contribution in [1.29, 1.82) is 0 Å². The number of piperazine rings is 1. The Morgan fingerprint density at radius 2 is 1.63 bits per heavy atom. The largest absolute Gasteiger partial charge is 0.465 e. The molecule has 1 fully saturated rings. The summed E-state index contributed by atoms with van der Waals surface area (Å²) >= 11 is 0. The van der Waals surface area contributed by atoms with Crippen molar-refractivity contribution in [3.05, 3.63) is 64.7 Å². The highest BCUT2D eigenvalue weighted by atomic mass is 16.5. The normalized spacial score (nSPS) is 14.3. The van der Waals surface area contributed by atoms with Crippen LogP contribution in [0.4, 0.5) is 5.69 Å². The third-order valence-electron chi connectivity index (χ3n) is 4.56. The van der Waals surface area contributed by atoms with Crippen molar-refractivity contribution < 1.29 is 19.1 Å². The molecule has 0 saturated carbocycles. The number of carbonyl (C=O) groups is 3. The van der Waals surface area contributed by atoms with Gasteiger partial charge in [0, 0.05) is 24.3 Å². The van der Waals surface area contributed by atoms with Gasteiger partial charge in [-0.15, -0.1) is 0 Å². The summed E-state index contributed by atoms with van der Waals surface area (Å²) < 4.78 is 4.69. The molecule has 0 aromatic heterocycles. The zero-order chi connectivity index (χ0) is 19.6. The number of amides is 2. The summed E-state index contributed by atoms with van der Waals surface area (Å²) in [6.07, 6.45) is 0. The molecule has 0 aliphatic carbocycles. The Hall–Kier alpha value is -3.15. The van der Waals surface area contributed by atoms with Crippen molar-refractivity contribution in [1.82, 2.24) is 4.90 Å². The van der Waals surface area contributed by atoms with E-state index in [-0.39, 0.29) is 18.4 Å². The van der Waals surface area contributed by atoms with E-state index in [1.54, 1.807) is 23.1 Å². The highest BCUT2D eigenvalue weighted by molar-refractivity contribution is 6.02. The molecule has 2 amide bonds. The fourth-order valence-corrected chi connectivity index (χ4v) is 3.31. The SMILES string of the molecule is COC(=O)c1cccc(C(=O)N2CCN(c3cc(C)cc(C)c3)C(=O)C2)c1. The molecule has 140 valence electrons. The molecule has 2 aromatic carbocycles. The molecule has 3 rings (SSSR count). The lowest BCUT2D eigenvalue weighted by Crippen LogP contribution is -2.52. The van der Waals surface area contributed by atoms with E-state index in [0.29, 0.717) is 24.2 Å². The zero-order valence-corrected chi connectivity index (χ0v) is 15.7. The topological polar surface area (TPSA) is 66.9 Å². The lowest BCUT2D eigenvalue weighted by molar-refractivity contribution is -0.120. The average molecular weight is 366 g/mol. The molecule has 0 N–H and O–H groups in total. The molecule has 1 aliphatic rings. The number of hydrogen-bond donors (Lipinski definition) is 0. The quantitative estimate of drug-likeness (QED) is 0.783. The molecule has 27 heavy (non-hydrogen) atoms. The molecule has 0 spiro atoms. The lowest BCUT2D eigenvalue weighted by atomic mass is 10.1. The van der Waals surface area contributed by atoms with Gasteiger partial charge in [-0.1, -0.05) is 12.1 Å². The minimum Gasteiger partial charge on any atom is -0.465 e. The first-order chi connectivity index (χ1) is 12.9. The van der Waals surface area contributed by atoms with Gasteiger partial charge < -0.3 is 14.5 Å². The van der Waals surface area contributed by atoms with Crippen LogP contribution in [0.3, 0.4) is 0 Å². The van der Waals surface area contributed by atoms with Crippen LogP contribution in [0.25, 0.3) is 0 Å². The standard InChI is InChI=1S/C21H22N2O4/c1-14-9-15(2)11-18(10-14)23-8-7-22(13-19(23)24)20(25)16-5-4-6-17(12-16)21(26)27-3/h4-6,9-12H,7-8,13H2,1-3H3. The van der Waals surface area contributed by atoms with Gasteiger partial charge in [-0.3, -0.25) is 9.59 Å². The first kappa shape index (κ1) is 18.6. The Bertz CT molecular complexity index is 887. The molecular formula is C21H22N2O4. The molecule has 6 heteroatoms. The first-order valence-electron chi connectivity index (χ1n) is 8.75. The molecule has 1 aliphatic heterocycles. The van der Waals surface area contributed by atoms with E-state index in [2.05, 4.69) is 6.07 Å². The third kappa shape index (κ3) is 4.00. The van der Waals surface area contributed by atoms with Gasteiger partial charge >= 0.3 is 5.97 Å². The molecular weight excluding hydrogens is 344 g/mol. The summed E-state index contributed by atoms with van der Waals surface area (Å²) in [5.41, 5.74) is 3.72. The van der Waals surface area contributed by atoms with Crippen LogP contribution in [0.2, 0.25) is 0 Å². The summed E-state index contributed by atoms with van der Waals surface area (Å²) in [5, 5.41) is 0. The number of nitrogens with zero attached hydrogens (tertiary/aromatic N) is 2. The second-order valence-electron chi connectivity index (χ2n) is 6.69. The van der Waals surface area contributed by atoms with Gasteiger partial charge in [-0.25, -0.2) is 4.79 Å². The van der Waals surface area contributed by atoms with Crippen molar-refractivity contribution in [3.63, 3.8) is 0 Å². The maximum absolute atomic E-state index is 12.8. The summed E-state index contributed by atoms with van der Waals surface area (Å²) in [5.74, 6) is -0.890. The van der Waals surface area contributed by atoms with Crippen LogP contribution in [-0.4, -0.2) is 49.4 Å². The molecule has 0 unspecified atom stereocenters. The van der Waals surface area contributed by atoms with E-state index in [1.807, 2.05) is 26.0 Å². The molecule has 1 heterocycles. The predicted molar refractivity (Wildman–Crippen MR) is 102 cm³/mol. The van der Waals surface area contributed by atoms with E-state index in [1.165, 1.54) is 18.1 Å². The van der Waals surface area contributed by atoms with E-state index in [0.717, 1.165) is 16.8 Å². The maximum Gasteiger partial charge on any atom is 0.337 e. The van der Waals surface area contributed by atoms with E-state index in [4.69, 9.17) is 4.74 Å². The summed E-state index contributed by atoms with van der Waals surface area (Å²) in [4.78, 5) is 40.3. The summed E-state index contributed by atoms with van der Waals surface area (Å²) in [7, 11) is 1.29.